The van der Waals surface area contributed by atoms with Crippen molar-refractivity contribution in [3.05, 3.63) is 24.1 Å². The smallest absolute Gasteiger partial charge is 0.124 e. The molecule has 70 valence electrons. The molecule has 0 aromatic carbocycles. The summed E-state index contributed by atoms with van der Waals surface area (Å²) < 4.78 is 11.0. The van der Waals surface area contributed by atoms with Gasteiger partial charge in [-0.3, -0.25) is 0 Å². The second-order valence-electron chi connectivity index (χ2n) is 1.94. The average Bonchev–Trinajstić information content (AvgIpc) is 2.05. The third kappa shape index (κ3) is 8.59. The van der Waals surface area contributed by atoms with Crippen LogP contribution in [0.25, 0.3) is 0 Å². The van der Waals surface area contributed by atoms with E-state index >= 15 is 0 Å². The molecule has 0 radical (unpaired) electrons. The van der Waals surface area contributed by atoms with Gasteiger partial charge in [0.25, 0.3) is 0 Å². The van der Waals surface area contributed by atoms with Crippen molar-refractivity contribution in [2.75, 3.05) is 17.3 Å². The SMILES string of the molecule is C=CC[S+]([O-])C/C=C/SSCC. The summed E-state index contributed by atoms with van der Waals surface area (Å²) in [7, 11) is 3.47. The van der Waals surface area contributed by atoms with Crippen molar-refractivity contribution in [2.24, 2.45) is 0 Å². The van der Waals surface area contributed by atoms with Gasteiger partial charge in [-0.05, 0) is 28.7 Å². The zero-order valence-electron chi connectivity index (χ0n) is 7.19. The molecule has 0 heterocycles. The van der Waals surface area contributed by atoms with E-state index in [9.17, 15) is 4.55 Å². The van der Waals surface area contributed by atoms with E-state index in [0.29, 0.717) is 11.5 Å². The highest BCUT2D eigenvalue weighted by Crippen LogP contribution is 2.21. The van der Waals surface area contributed by atoms with Crippen LogP contribution in [0.3, 0.4) is 0 Å². The topological polar surface area (TPSA) is 23.1 Å². The van der Waals surface area contributed by atoms with Gasteiger partial charge in [0.15, 0.2) is 0 Å². The summed E-state index contributed by atoms with van der Waals surface area (Å²) in [5.41, 5.74) is 0. The van der Waals surface area contributed by atoms with Crippen LogP contribution in [0.15, 0.2) is 24.1 Å². The van der Waals surface area contributed by atoms with E-state index in [2.05, 4.69) is 13.5 Å². The predicted molar refractivity (Wildman–Crippen MR) is 62.9 cm³/mol. The van der Waals surface area contributed by atoms with Crippen LogP contribution in [0.1, 0.15) is 6.92 Å². The summed E-state index contributed by atoms with van der Waals surface area (Å²) in [6.07, 6.45) is 3.64. The van der Waals surface area contributed by atoms with Gasteiger partial charge in [0.05, 0.1) is 0 Å². The quantitative estimate of drug-likeness (QED) is 0.286. The van der Waals surface area contributed by atoms with E-state index in [1.54, 1.807) is 27.7 Å². The molecular formula is C8H14OS3. The number of hydrogen-bond acceptors (Lipinski definition) is 3. The van der Waals surface area contributed by atoms with Crippen molar-refractivity contribution in [1.82, 2.24) is 0 Å². The first-order valence-corrected chi connectivity index (χ1v) is 7.57. The van der Waals surface area contributed by atoms with Crippen molar-refractivity contribution in [1.29, 1.82) is 0 Å². The van der Waals surface area contributed by atoms with Gasteiger partial charge in [-0.2, -0.15) is 0 Å². The maximum atomic E-state index is 11.0. The van der Waals surface area contributed by atoms with Gasteiger partial charge in [0.1, 0.15) is 11.5 Å². The predicted octanol–water partition coefficient (Wildman–Crippen LogP) is 2.84. The first kappa shape index (κ1) is 12.5. The molecule has 4 heteroatoms. The normalized spacial score (nSPS) is 13.5. The Bertz CT molecular complexity index is 136. The Kier molecular flexibility index (Phi) is 9.97. The van der Waals surface area contributed by atoms with E-state index < -0.39 is 11.2 Å². The van der Waals surface area contributed by atoms with Crippen LogP contribution in [-0.2, 0) is 11.2 Å². The fraction of sp³-hybridized carbons (Fsp3) is 0.500. The summed E-state index contributed by atoms with van der Waals surface area (Å²) in [5.74, 6) is 2.34. The van der Waals surface area contributed by atoms with E-state index in [0.717, 1.165) is 5.75 Å². The van der Waals surface area contributed by atoms with Gasteiger partial charge in [-0.25, -0.2) is 0 Å². The zero-order chi connectivity index (χ0) is 9.23. The molecule has 0 rings (SSSR count). The molecule has 1 nitrogen and oxygen atoms in total. The Morgan fingerprint density at radius 2 is 2.25 bits per heavy atom. The molecule has 1 unspecified atom stereocenters. The number of rotatable bonds is 7. The molecule has 0 N–H and O–H groups in total. The molecule has 0 aliphatic carbocycles. The van der Waals surface area contributed by atoms with Gasteiger partial charge in [0.2, 0.25) is 0 Å². The second kappa shape index (κ2) is 9.58. The molecule has 0 fully saturated rings. The monoisotopic (exact) mass is 222 g/mol. The summed E-state index contributed by atoms with van der Waals surface area (Å²) in [6, 6.07) is 0. The minimum absolute atomic E-state index is 0.593. The number of hydrogen-bond donors (Lipinski definition) is 0. The first-order chi connectivity index (χ1) is 5.81. The summed E-state index contributed by atoms with van der Waals surface area (Å²) in [4.78, 5) is 0. The Labute approximate surface area is 85.7 Å². The Hall–Kier alpha value is 0.490. The van der Waals surface area contributed by atoms with Gasteiger partial charge in [0, 0.05) is 5.75 Å². The molecule has 12 heavy (non-hydrogen) atoms. The fourth-order valence-corrected chi connectivity index (χ4v) is 2.59. The average molecular weight is 222 g/mol. The minimum atomic E-state index is -0.753. The summed E-state index contributed by atoms with van der Waals surface area (Å²) in [6.45, 7) is 5.64. The largest absolute Gasteiger partial charge is 0.616 e. The molecular weight excluding hydrogens is 208 g/mol. The molecule has 0 bridgehead atoms. The van der Waals surface area contributed by atoms with Gasteiger partial charge in [-0.1, -0.05) is 35.1 Å². The van der Waals surface area contributed by atoms with E-state index in [4.69, 9.17) is 0 Å². The Balaban J connectivity index is 3.26. The maximum Gasteiger partial charge on any atom is 0.124 e. The van der Waals surface area contributed by atoms with Crippen LogP contribution in [0.5, 0.6) is 0 Å². The molecule has 0 amide bonds. The second-order valence-corrected chi connectivity index (χ2v) is 6.04. The third-order valence-corrected chi connectivity index (χ3v) is 4.22. The van der Waals surface area contributed by atoms with E-state index in [-0.39, 0.29) is 0 Å². The van der Waals surface area contributed by atoms with Crippen LogP contribution in [0.4, 0.5) is 0 Å². The molecule has 0 saturated carbocycles. The first-order valence-electron chi connectivity index (χ1n) is 3.70. The molecule has 1 atom stereocenters. The lowest BCUT2D eigenvalue weighted by molar-refractivity contribution is 0.601. The molecule has 0 aliphatic rings. The van der Waals surface area contributed by atoms with E-state index in [1.807, 2.05) is 11.5 Å². The third-order valence-electron chi connectivity index (χ3n) is 0.924. The van der Waals surface area contributed by atoms with Crippen LogP contribution >= 0.6 is 21.6 Å². The summed E-state index contributed by atoms with van der Waals surface area (Å²) >= 11 is -0.753. The summed E-state index contributed by atoms with van der Waals surface area (Å²) in [5, 5.41) is 2.00. The minimum Gasteiger partial charge on any atom is -0.616 e. The highest BCUT2D eigenvalue weighted by atomic mass is 33.1. The van der Waals surface area contributed by atoms with Crippen molar-refractivity contribution in [3.63, 3.8) is 0 Å². The van der Waals surface area contributed by atoms with E-state index in [1.165, 1.54) is 0 Å². The van der Waals surface area contributed by atoms with Crippen molar-refractivity contribution >= 4 is 32.8 Å². The van der Waals surface area contributed by atoms with Crippen molar-refractivity contribution < 1.29 is 4.55 Å². The lowest BCUT2D eigenvalue weighted by atomic mass is 10.7. The van der Waals surface area contributed by atoms with Crippen molar-refractivity contribution in [2.45, 2.75) is 6.92 Å². The Morgan fingerprint density at radius 1 is 1.50 bits per heavy atom. The van der Waals surface area contributed by atoms with Crippen molar-refractivity contribution in [3.8, 4) is 0 Å². The van der Waals surface area contributed by atoms with Crippen LogP contribution in [0.2, 0.25) is 0 Å². The van der Waals surface area contributed by atoms with Crippen LogP contribution in [0, 0.1) is 0 Å². The lowest BCUT2D eigenvalue weighted by Crippen LogP contribution is -2.06. The van der Waals surface area contributed by atoms with Crippen LogP contribution < -0.4 is 0 Å². The maximum absolute atomic E-state index is 11.0. The molecule has 0 spiro atoms. The van der Waals surface area contributed by atoms with Gasteiger partial charge in [-0.15, -0.1) is 0 Å². The highest BCUT2D eigenvalue weighted by molar-refractivity contribution is 8.77. The zero-order valence-corrected chi connectivity index (χ0v) is 9.64. The molecule has 0 aliphatic heterocycles. The standard InChI is InChI=1S/C8H14OS3/c1-3-7-12(9)8-5-6-11-10-4-2/h3,5-6H,1,4,7-8H2,2H3/b6-5+. The highest BCUT2D eigenvalue weighted by Gasteiger charge is 1.97. The van der Waals surface area contributed by atoms with Crippen LogP contribution in [-0.4, -0.2) is 21.8 Å². The van der Waals surface area contributed by atoms with Gasteiger partial charge < -0.3 is 4.55 Å². The molecule has 0 aromatic rings. The Morgan fingerprint density at radius 3 is 2.83 bits per heavy atom. The lowest BCUT2D eigenvalue weighted by Gasteiger charge is -2.03. The molecule has 0 saturated heterocycles. The fourth-order valence-electron chi connectivity index (χ4n) is 0.493. The molecule has 0 aromatic heterocycles. The van der Waals surface area contributed by atoms with Gasteiger partial charge >= 0.3 is 0 Å².